The zero-order valence-electron chi connectivity index (χ0n) is 14.7. The molecule has 0 aliphatic rings. The van der Waals surface area contributed by atoms with Crippen molar-refractivity contribution in [2.24, 2.45) is 5.92 Å². The quantitative estimate of drug-likeness (QED) is 0.389. The SMILES string of the molecule is CCCCOC(OCC(C)C)(OC(C)CC)C(C)(C)OF. The minimum absolute atomic E-state index is 0.131. The zero-order chi connectivity index (χ0) is 16.5. The first-order chi connectivity index (χ1) is 9.74. The molecule has 0 rings (SSSR count). The van der Waals surface area contributed by atoms with Crippen molar-refractivity contribution >= 4 is 0 Å². The van der Waals surface area contributed by atoms with Crippen molar-refractivity contribution in [2.45, 2.75) is 85.4 Å². The summed E-state index contributed by atoms with van der Waals surface area (Å²) in [6, 6.07) is 0. The molecule has 0 aromatic carbocycles. The molecule has 0 aromatic heterocycles. The van der Waals surface area contributed by atoms with Crippen molar-refractivity contribution in [3.63, 3.8) is 0 Å². The molecule has 2 unspecified atom stereocenters. The molecule has 0 amide bonds. The van der Waals surface area contributed by atoms with Crippen molar-refractivity contribution in [1.82, 2.24) is 0 Å². The molecule has 0 heterocycles. The summed E-state index contributed by atoms with van der Waals surface area (Å²) >= 11 is 0. The van der Waals surface area contributed by atoms with Crippen molar-refractivity contribution in [3.8, 4) is 0 Å². The maximum absolute atomic E-state index is 13.1. The molecule has 128 valence electrons. The molecular weight excluding hydrogens is 275 g/mol. The van der Waals surface area contributed by atoms with Gasteiger partial charge in [0.15, 0.2) is 5.60 Å². The highest BCUT2D eigenvalue weighted by atomic mass is 19.3. The van der Waals surface area contributed by atoms with E-state index in [0.29, 0.717) is 13.2 Å². The maximum atomic E-state index is 13.1. The molecule has 0 saturated carbocycles. The highest BCUT2D eigenvalue weighted by Crippen LogP contribution is 2.35. The van der Waals surface area contributed by atoms with Gasteiger partial charge in [0.05, 0.1) is 19.3 Å². The molecule has 2 atom stereocenters. The van der Waals surface area contributed by atoms with Gasteiger partial charge in [-0.1, -0.05) is 34.1 Å². The van der Waals surface area contributed by atoms with Gasteiger partial charge in [-0.25, -0.2) is 0 Å². The lowest BCUT2D eigenvalue weighted by Crippen LogP contribution is -2.58. The summed E-state index contributed by atoms with van der Waals surface area (Å²) in [7, 11) is 0. The molecule has 0 radical (unpaired) electrons. The smallest absolute Gasteiger partial charge is 0.317 e. The number of hydrogen-bond acceptors (Lipinski definition) is 4. The number of hydrogen-bond donors (Lipinski definition) is 0. The summed E-state index contributed by atoms with van der Waals surface area (Å²) in [5.41, 5.74) is -1.36. The standard InChI is InChI=1S/C16H33FO4/c1-8-10-11-18-16(15(6,7)21-17,19-12-13(3)4)20-14(5)9-2/h13-14H,8-12H2,1-7H3. The number of unbranched alkanes of at least 4 members (excludes halogenated alkanes) is 1. The lowest BCUT2D eigenvalue weighted by atomic mass is 10.1. The van der Waals surface area contributed by atoms with Crippen LogP contribution in [0, 0.1) is 5.92 Å². The molecule has 0 N–H and O–H groups in total. The molecule has 0 aliphatic heterocycles. The van der Waals surface area contributed by atoms with Crippen molar-refractivity contribution in [3.05, 3.63) is 0 Å². The van der Waals surface area contributed by atoms with Crippen molar-refractivity contribution in [2.75, 3.05) is 13.2 Å². The van der Waals surface area contributed by atoms with Gasteiger partial charge in [0.25, 0.3) is 0 Å². The number of halogens is 1. The van der Waals surface area contributed by atoms with Gasteiger partial charge >= 0.3 is 5.97 Å². The monoisotopic (exact) mass is 308 g/mol. The van der Waals surface area contributed by atoms with E-state index in [4.69, 9.17) is 14.2 Å². The molecule has 21 heavy (non-hydrogen) atoms. The van der Waals surface area contributed by atoms with E-state index in [0.717, 1.165) is 19.3 Å². The van der Waals surface area contributed by atoms with Gasteiger partial charge in [0.2, 0.25) is 0 Å². The first kappa shape index (κ1) is 20.8. The Balaban J connectivity index is 5.25. The fourth-order valence-corrected chi connectivity index (χ4v) is 1.62. The van der Waals surface area contributed by atoms with E-state index in [1.54, 1.807) is 13.8 Å². The van der Waals surface area contributed by atoms with Crippen LogP contribution >= 0.6 is 0 Å². The van der Waals surface area contributed by atoms with Gasteiger partial charge in [0.1, 0.15) is 0 Å². The molecule has 0 saturated heterocycles. The van der Waals surface area contributed by atoms with Crippen molar-refractivity contribution in [1.29, 1.82) is 0 Å². The zero-order valence-corrected chi connectivity index (χ0v) is 14.7. The van der Waals surface area contributed by atoms with Crippen LogP contribution in [0.25, 0.3) is 0 Å². The molecular formula is C16H33FO4. The van der Waals surface area contributed by atoms with Crippen LogP contribution in [-0.2, 0) is 19.2 Å². The summed E-state index contributed by atoms with van der Waals surface area (Å²) in [6.07, 6.45) is 2.46. The second kappa shape index (κ2) is 9.72. The Kier molecular flexibility index (Phi) is 9.61. The number of ether oxygens (including phenoxy) is 3. The molecule has 0 spiro atoms. The summed E-state index contributed by atoms with van der Waals surface area (Å²) < 4.78 is 30.7. The van der Waals surface area contributed by atoms with E-state index in [2.05, 4.69) is 11.9 Å². The summed E-state index contributed by atoms with van der Waals surface area (Å²) in [4.78, 5) is 4.14. The Labute approximate surface area is 129 Å². The number of rotatable bonds is 12. The van der Waals surface area contributed by atoms with Crippen LogP contribution in [0.2, 0.25) is 0 Å². The van der Waals surface area contributed by atoms with Gasteiger partial charge in [-0.15, -0.1) is 0 Å². The van der Waals surface area contributed by atoms with Crippen LogP contribution in [0.5, 0.6) is 0 Å². The van der Waals surface area contributed by atoms with Crippen LogP contribution in [0.4, 0.5) is 4.53 Å². The molecule has 0 fully saturated rings. The largest absolute Gasteiger partial charge is 0.325 e. The van der Waals surface area contributed by atoms with E-state index in [-0.39, 0.29) is 12.0 Å². The fourth-order valence-electron chi connectivity index (χ4n) is 1.62. The summed E-state index contributed by atoms with van der Waals surface area (Å²) in [5.74, 6) is -1.27. The van der Waals surface area contributed by atoms with Gasteiger partial charge in [0, 0.05) is 0 Å². The molecule has 5 heteroatoms. The van der Waals surface area contributed by atoms with Crippen LogP contribution in [0.3, 0.4) is 0 Å². The second-order valence-corrected chi connectivity index (χ2v) is 6.39. The van der Waals surface area contributed by atoms with Gasteiger partial charge < -0.3 is 14.2 Å². The normalized spacial score (nSPS) is 17.0. The van der Waals surface area contributed by atoms with Crippen LogP contribution < -0.4 is 0 Å². The topological polar surface area (TPSA) is 36.9 Å². The average Bonchev–Trinajstić information content (AvgIpc) is 2.44. The van der Waals surface area contributed by atoms with Gasteiger partial charge in [-0.2, -0.15) is 4.94 Å². The van der Waals surface area contributed by atoms with E-state index in [1.165, 1.54) is 0 Å². The first-order valence-electron chi connectivity index (χ1n) is 8.00. The maximum Gasteiger partial charge on any atom is 0.317 e. The lowest BCUT2D eigenvalue weighted by Gasteiger charge is -2.43. The highest BCUT2D eigenvalue weighted by Gasteiger charge is 2.53. The predicted octanol–water partition coefficient (Wildman–Crippen LogP) is 4.62. The fraction of sp³-hybridized carbons (Fsp3) is 1.00. The Morgan fingerprint density at radius 1 is 1.05 bits per heavy atom. The second-order valence-electron chi connectivity index (χ2n) is 6.39. The van der Waals surface area contributed by atoms with Gasteiger partial charge in [-0.3, -0.25) is 0 Å². The minimum Gasteiger partial charge on any atom is -0.325 e. The third-order valence-corrected chi connectivity index (χ3v) is 3.26. The van der Waals surface area contributed by atoms with Crippen LogP contribution in [0.1, 0.15) is 67.7 Å². The minimum atomic E-state index is -1.55. The summed E-state index contributed by atoms with van der Waals surface area (Å²) in [6.45, 7) is 14.0. The Morgan fingerprint density at radius 3 is 2.10 bits per heavy atom. The Hall–Kier alpha value is -0.230. The lowest BCUT2D eigenvalue weighted by molar-refractivity contribution is -0.474. The Morgan fingerprint density at radius 2 is 1.67 bits per heavy atom. The van der Waals surface area contributed by atoms with E-state index >= 15 is 0 Å². The third-order valence-electron chi connectivity index (χ3n) is 3.26. The van der Waals surface area contributed by atoms with E-state index in [9.17, 15) is 4.53 Å². The van der Waals surface area contributed by atoms with Crippen LogP contribution in [-0.4, -0.2) is 30.9 Å². The molecule has 0 aromatic rings. The molecule has 4 nitrogen and oxygen atoms in total. The molecule has 0 aliphatic carbocycles. The van der Waals surface area contributed by atoms with E-state index < -0.39 is 11.6 Å². The molecule has 0 bridgehead atoms. The van der Waals surface area contributed by atoms with Crippen LogP contribution in [0.15, 0.2) is 0 Å². The first-order valence-corrected chi connectivity index (χ1v) is 8.00. The van der Waals surface area contributed by atoms with Crippen molar-refractivity contribution < 1.29 is 23.7 Å². The van der Waals surface area contributed by atoms with E-state index in [1.807, 2.05) is 27.7 Å². The average molecular weight is 308 g/mol. The predicted molar refractivity (Wildman–Crippen MR) is 81.5 cm³/mol. The third kappa shape index (κ3) is 6.59. The summed E-state index contributed by atoms with van der Waals surface area (Å²) in [5, 5.41) is 0. The Bertz CT molecular complexity index is 271. The highest BCUT2D eigenvalue weighted by molar-refractivity contribution is 4.82. The van der Waals surface area contributed by atoms with Gasteiger partial charge in [-0.05, 0) is 44.1 Å².